The van der Waals surface area contributed by atoms with E-state index in [2.05, 4.69) is 10.1 Å². The van der Waals surface area contributed by atoms with E-state index in [1.165, 1.54) is 6.07 Å². The van der Waals surface area contributed by atoms with Crippen LogP contribution in [0.4, 0.5) is 0 Å². The summed E-state index contributed by atoms with van der Waals surface area (Å²) in [5.41, 5.74) is 0.914. The maximum atomic E-state index is 10.9. The molecule has 0 fully saturated rings. The smallest absolute Gasteiger partial charge is 0.335 e. The number of carboxylic acids is 1. The third-order valence-electron chi connectivity index (χ3n) is 2.77. The molecule has 0 spiro atoms. The van der Waals surface area contributed by atoms with Crippen LogP contribution in [0.15, 0.2) is 22.7 Å². The van der Waals surface area contributed by atoms with Gasteiger partial charge in [-0.3, -0.25) is 0 Å². The number of nitrogens with zero attached hydrogens (tertiary/aromatic N) is 2. The Hall–Kier alpha value is -2.37. The molecule has 1 aromatic carbocycles. The number of hydrogen-bond acceptors (Lipinski definition) is 5. The third-order valence-corrected chi connectivity index (χ3v) is 2.77. The SMILES string of the molecule is CCCc1nc(COc2ccc(C(=O)O)c(C)c2)no1. The van der Waals surface area contributed by atoms with Crippen LogP contribution in [0.25, 0.3) is 0 Å². The lowest BCUT2D eigenvalue weighted by Gasteiger charge is -2.06. The molecule has 0 atom stereocenters. The molecule has 0 aliphatic carbocycles. The number of aryl methyl sites for hydroxylation is 2. The van der Waals surface area contributed by atoms with Gasteiger partial charge in [-0.2, -0.15) is 4.98 Å². The zero-order valence-corrected chi connectivity index (χ0v) is 11.4. The van der Waals surface area contributed by atoms with Gasteiger partial charge in [-0.1, -0.05) is 12.1 Å². The van der Waals surface area contributed by atoms with E-state index in [-0.39, 0.29) is 12.2 Å². The maximum absolute atomic E-state index is 10.9. The molecule has 2 rings (SSSR count). The Balaban J connectivity index is 1.99. The van der Waals surface area contributed by atoms with Crippen molar-refractivity contribution in [2.45, 2.75) is 33.3 Å². The van der Waals surface area contributed by atoms with Crippen LogP contribution in [0.5, 0.6) is 5.75 Å². The van der Waals surface area contributed by atoms with Crippen molar-refractivity contribution >= 4 is 5.97 Å². The summed E-state index contributed by atoms with van der Waals surface area (Å²) in [6, 6.07) is 4.81. The molecule has 2 aromatic rings. The Bertz CT molecular complexity index is 607. The Morgan fingerprint density at radius 1 is 1.45 bits per heavy atom. The second kappa shape index (κ2) is 6.18. The fourth-order valence-corrected chi connectivity index (χ4v) is 1.78. The topological polar surface area (TPSA) is 85.5 Å². The maximum Gasteiger partial charge on any atom is 0.335 e. The van der Waals surface area contributed by atoms with E-state index in [1.807, 2.05) is 6.92 Å². The summed E-state index contributed by atoms with van der Waals surface area (Å²) in [6.07, 6.45) is 1.69. The highest BCUT2D eigenvalue weighted by atomic mass is 16.5. The monoisotopic (exact) mass is 276 g/mol. The molecule has 0 saturated heterocycles. The molecule has 1 heterocycles. The average Bonchev–Trinajstić information content (AvgIpc) is 2.84. The first kappa shape index (κ1) is 14.0. The van der Waals surface area contributed by atoms with Gasteiger partial charge in [0.25, 0.3) is 0 Å². The molecule has 0 aliphatic heterocycles. The summed E-state index contributed by atoms with van der Waals surface area (Å²) >= 11 is 0. The standard InChI is InChI=1S/C14H16N2O4/c1-3-4-13-15-12(16-20-13)8-19-10-5-6-11(14(17)18)9(2)7-10/h5-7H,3-4,8H2,1-2H3,(H,17,18). The van der Waals surface area contributed by atoms with Gasteiger partial charge in [0.15, 0.2) is 6.61 Å². The first-order valence-electron chi connectivity index (χ1n) is 6.38. The molecule has 20 heavy (non-hydrogen) atoms. The Morgan fingerprint density at radius 3 is 2.90 bits per heavy atom. The number of aromatic carboxylic acids is 1. The van der Waals surface area contributed by atoms with Crippen molar-refractivity contribution in [3.8, 4) is 5.75 Å². The van der Waals surface area contributed by atoms with Gasteiger partial charge in [-0.25, -0.2) is 4.79 Å². The van der Waals surface area contributed by atoms with E-state index in [1.54, 1.807) is 19.1 Å². The number of rotatable bonds is 6. The second-order valence-corrected chi connectivity index (χ2v) is 4.42. The number of hydrogen-bond donors (Lipinski definition) is 1. The van der Waals surface area contributed by atoms with E-state index in [0.717, 1.165) is 12.8 Å². The predicted octanol–water partition coefficient (Wildman–Crippen LogP) is 2.61. The summed E-state index contributed by atoms with van der Waals surface area (Å²) < 4.78 is 10.6. The van der Waals surface area contributed by atoms with Crippen LogP contribution >= 0.6 is 0 Å². The van der Waals surface area contributed by atoms with Crippen LogP contribution in [0.3, 0.4) is 0 Å². The first-order valence-corrected chi connectivity index (χ1v) is 6.38. The summed E-state index contributed by atoms with van der Waals surface area (Å²) in [7, 11) is 0. The highest BCUT2D eigenvalue weighted by Crippen LogP contribution is 2.18. The molecule has 0 bridgehead atoms. The normalized spacial score (nSPS) is 10.5. The number of aromatic nitrogens is 2. The highest BCUT2D eigenvalue weighted by Gasteiger charge is 2.09. The minimum absolute atomic E-state index is 0.194. The largest absolute Gasteiger partial charge is 0.485 e. The van der Waals surface area contributed by atoms with Crippen molar-refractivity contribution in [2.75, 3.05) is 0 Å². The Morgan fingerprint density at radius 2 is 2.25 bits per heavy atom. The number of carbonyl (C=O) groups is 1. The van der Waals surface area contributed by atoms with Crippen LogP contribution in [0.1, 0.15) is 41.0 Å². The van der Waals surface area contributed by atoms with Crippen molar-refractivity contribution in [2.24, 2.45) is 0 Å². The lowest BCUT2D eigenvalue weighted by molar-refractivity contribution is 0.0696. The molecular weight excluding hydrogens is 260 g/mol. The summed E-state index contributed by atoms with van der Waals surface area (Å²) in [5.74, 6) is 0.711. The van der Waals surface area contributed by atoms with Gasteiger partial charge in [-0.15, -0.1) is 0 Å². The van der Waals surface area contributed by atoms with Crippen LogP contribution in [-0.4, -0.2) is 21.2 Å². The summed E-state index contributed by atoms with van der Waals surface area (Å²) in [4.78, 5) is 15.1. The van der Waals surface area contributed by atoms with Crippen molar-refractivity contribution in [3.63, 3.8) is 0 Å². The Labute approximate surface area is 116 Å². The van der Waals surface area contributed by atoms with Gasteiger partial charge >= 0.3 is 5.97 Å². The summed E-state index contributed by atoms with van der Waals surface area (Å²) in [5, 5.41) is 12.8. The predicted molar refractivity (Wildman–Crippen MR) is 70.8 cm³/mol. The van der Waals surface area contributed by atoms with Gasteiger partial charge in [0.1, 0.15) is 5.75 Å². The van der Waals surface area contributed by atoms with Crippen molar-refractivity contribution in [1.29, 1.82) is 0 Å². The molecular formula is C14H16N2O4. The van der Waals surface area contributed by atoms with Crippen molar-refractivity contribution in [1.82, 2.24) is 10.1 Å². The second-order valence-electron chi connectivity index (χ2n) is 4.42. The number of carboxylic acid groups (broad SMARTS) is 1. The minimum Gasteiger partial charge on any atom is -0.485 e. The van der Waals surface area contributed by atoms with Crippen molar-refractivity contribution in [3.05, 3.63) is 41.0 Å². The molecule has 0 saturated carbocycles. The highest BCUT2D eigenvalue weighted by molar-refractivity contribution is 5.89. The molecule has 0 radical (unpaired) electrons. The fourth-order valence-electron chi connectivity index (χ4n) is 1.78. The third kappa shape index (κ3) is 3.34. The molecule has 106 valence electrons. The first-order chi connectivity index (χ1) is 9.60. The van der Waals surface area contributed by atoms with Gasteiger partial charge in [-0.05, 0) is 37.1 Å². The van der Waals surface area contributed by atoms with E-state index < -0.39 is 5.97 Å². The zero-order chi connectivity index (χ0) is 14.5. The molecule has 1 N–H and O–H groups in total. The van der Waals surface area contributed by atoms with Gasteiger partial charge in [0.2, 0.25) is 11.7 Å². The number of benzene rings is 1. The zero-order valence-electron chi connectivity index (χ0n) is 11.4. The summed E-state index contributed by atoms with van der Waals surface area (Å²) in [6.45, 7) is 3.95. The van der Waals surface area contributed by atoms with Crippen molar-refractivity contribution < 1.29 is 19.2 Å². The van der Waals surface area contributed by atoms with E-state index in [9.17, 15) is 4.79 Å². The van der Waals surface area contributed by atoms with Gasteiger partial charge in [0, 0.05) is 6.42 Å². The molecule has 6 nitrogen and oxygen atoms in total. The van der Waals surface area contributed by atoms with Crippen LogP contribution < -0.4 is 4.74 Å². The number of ether oxygens (including phenoxy) is 1. The van der Waals surface area contributed by atoms with Crippen LogP contribution in [-0.2, 0) is 13.0 Å². The fraction of sp³-hybridized carbons (Fsp3) is 0.357. The van der Waals surface area contributed by atoms with Crippen LogP contribution in [0, 0.1) is 6.92 Å². The molecule has 6 heteroatoms. The van der Waals surface area contributed by atoms with Gasteiger partial charge in [0.05, 0.1) is 5.56 Å². The quantitative estimate of drug-likeness (QED) is 0.872. The Kier molecular flexibility index (Phi) is 4.34. The van der Waals surface area contributed by atoms with Gasteiger partial charge < -0.3 is 14.4 Å². The van der Waals surface area contributed by atoms with E-state index in [4.69, 9.17) is 14.4 Å². The molecule has 0 aliphatic rings. The molecule has 0 amide bonds. The lowest BCUT2D eigenvalue weighted by Crippen LogP contribution is -2.02. The van der Waals surface area contributed by atoms with Crippen LogP contribution in [0.2, 0.25) is 0 Å². The lowest BCUT2D eigenvalue weighted by atomic mass is 10.1. The minimum atomic E-state index is -0.948. The molecule has 0 unspecified atom stereocenters. The van der Waals surface area contributed by atoms with E-state index >= 15 is 0 Å². The average molecular weight is 276 g/mol. The van der Waals surface area contributed by atoms with E-state index in [0.29, 0.717) is 23.0 Å². The molecule has 1 aromatic heterocycles.